The Hall–Kier alpha value is -2.30. The Morgan fingerprint density at radius 1 is 1.27 bits per heavy atom. The van der Waals surface area contributed by atoms with Crippen LogP contribution in [0.3, 0.4) is 0 Å². The number of carbonyl (C=O) groups is 2. The Morgan fingerprint density at radius 2 is 1.93 bits per heavy atom. The summed E-state index contributed by atoms with van der Waals surface area (Å²) in [5.74, 6) is -1.24. The van der Waals surface area contributed by atoms with Crippen LogP contribution in [0.4, 0.5) is 5.69 Å². The molecule has 0 saturated carbocycles. The second-order valence-electron chi connectivity index (χ2n) is 6.31. The van der Waals surface area contributed by atoms with E-state index in [0.29, 0.717) is 25.1 Å². The molecule has 0 saturated heterocycles. The Kier molecular flexibility index (Phi) is 9.13. The molecule has 3 N–H and O–H groups in total. The van der Waals surface area contributed by atoms with Gasteiger partial charge >= 0.3 is 0 Å². The van der Waals surface area contributed by atoms with E-state index in [9.17, 15) is 18.0 Å². The van der Waals surface area contributed by atoms with Gasteiger partial charge in [0.15, 0.2) is 0 Å². The number of aryl methyl sites for hydroxylation is 2. The molecule has 2 aromatic rings. The average molecular weight is 479 g/mol. The molecule has 1 aromatic heterocycles. The summed E-state index contributed by atoms with van der Waals surface area (Å²) in [4.78, 5) is 24.6. The van der Waals surface area contributed by atoms with Gasteiger partial charge in [-0.1, -0.05) is 20.3 Å². The molecule has 9 nitrogen and oxygen atoms in total. The minimum absolute atomic E-state index is 0. The normalized spacial score (nSPS) is 10.9. The van der Waals surface area contributed by atoms with Gasteiger partial charge in [0.25, 0.3) is 20.9 Å². The molecule has 1 aromatic carbocycles. The van der Waals surface area contributed by atoms with Gasteiger partial charge in [-0.2, -0.15) is 5.10 Å². The number of aromatic nitrogens is 2. The number of primary amides is 1. The van der Waals surface area contributed by atoms with Gasteiger partial charge in [0.1, 0.15) is 11.4 Å². The van der Waals surface area contributed by atoms with Gasteiger partial charge in [-0.25, -0.2) is 8.42 Å². The van der Waals surface area contributed by atoms with Crippen molar-refractivity contribution in [1.29, 1.82) is 0 Å². The zero-order valence-electron chi connectivity index (χ0n) is 16.8. The lowest BCUT2D eigenvalue weighted by molar-refractivity contribution is 0.0992. The molecule has 0 radical (unpaired) electrons. The van der Waals surface area contributed by atoms with E-state index in [4.69, 9.17) is 21.2 Å². The summed E-state index contributed by atoms with van der Waals surface area (Å²) in [7, 11) is 2.90. The molecule has 0 aliphatic carbocycles. The van der Waals surface area contributed by atoms with Gasteiger partial charge in [0.2, 0.25) is 0 Å². The molecule has 0 aliphatic heterocycles. The number of nitrogens with zero attached hydrogens (tertiary/aromatic N) is 2. The third-order valence-electron chi connectivity index (χ3n) is 4.02. The number of anilines is 1. The molecule has 166 valence electrons. The zero-order chi connectivity index (χ0) is 21.8. The molecule has 0 atom stereocenters. The Labute approximate surface area is 185 Å². The smallest absolute Gasteiger partial charge is 0.269 e. The number of carbonyl (C=O) groups excluding carboxylic acids is 2. The fourth-order valence-corrected chi connectivity index (χ4v) is 3.54. The van der Waals surface area contributed by atoms with Crippen LogP contribution < -0.4 is 15.8 Å². The topological polar surface area (TPSA) is 133 Å². The van der Waals surface area contributed by atoms with E-state index in [1.54, 1.807) is 7.05 Å². The van der Waals surface area contributed by atoms with Crippen molar-refractivity contribution in [2.45, 2.75) is 38.0 Å². The summed E-state index contributed by atoms with van der Waals surface area (Å²) in [6.07, 6.45) is 1.92. The maximum atomic E-state index is 13.0. The third-order valence-corrected chi connectivity index (χ3v) is 5.37. The van der Waals surface area contributed by atoms with Crippen LogP contribution in [0, 0.1) is 0 Å². The van der Waals surface area contributed by atoms with Crippen molar-refractivity contribution < 1.29 is 22.7 Å². The van der Waals surface area contributed by atoms with Crippen molar-refractivity contribution in [3.05, 3.63) is 35.2 Å². The second kappa shape index (κ2) is 10.6. The lowest BCUT2D eigenvalue weighted by atomic mass is 10.1. The van der Waals surface area contributed by atoms with Crippen LogP contribution in [-0.2, 0) is 22.5 Å². The first-order valence-corrected chi connectivity index (χ1v) is 11.3. The SMILES string of the molecule is CCCOc1ccc(S(=O)(=O)Cl)cc1C(=O)Nc1c(CCC)nn(C)c1C(N)=O.Cl. The molecule has 0 spiro atoms. The number of nitrogens with two attached hydrogens (primary N) is 1. The molecule has 12 heteroatoms. The Balaban J connectivity index is 0.00000450. The number of ether oxygens (including phenoxy) is 1. The van der Waals surface area contributed by atoms with Gasteiger partial charge < -0.3 is 15.8 Å². The lowest BCUT2D eigenvalue weighted by Crippen LogP contribution is -2.21. The molecule has 1 heterocycles. The minimum atomic E-state index is -4.06. The van der Waals surface area contributed by atoms with Gasteiger partial charge in [-0.05, 0) is 31.0 Å². The fourth-order valence-electron chi connectivity index (χ4n) is 2.76. The largest absolute Gasteiger partial charge is 0.493 e. The van der Waals surface area contributed by atoms with Crippen LogP contribution in [0.2, 0.25) is 0 Å². The lowest BCUT2D eigenvalue weighted by Gasteiger charge is -2.13. The predicted molar refractivity (Wildman–Crippen MR) is 116 cm³/mol. The number of rotatable bonds is 9. The molecule has 0 bridgehead atoms. The standard InChI is InChI=1S/C18H23ClN4O5S.ClH/c1-4-6-13-15(16(17(20)24)23(3)22-13)21-18(25)12-10-11(29(19,26)27)7-8-14(12)28-9-5-2;/h7-8,10H,4-6,9H2,1-3H3,(H2,20,24)(H,21,25);1H. The van der Waals surface area contributed by atoms with Crippen molar-refractivity contribution in [3.63, 3.8) is 0 Å². The van der Waals surface area contributed by atoms with E-state index < -0.39 is 20.9 Å². The minimum Gasteiger partial charge on any atom is -0.493 e. The van der Waals surface area contributed by atoms with E-state index >= 15 is 0 Å². The molecular weight excluding hydrogens is 455 g/mol. The number of hydrogen-bond donors (Lipinski definition) is 2. The van der Waals surface area contributed by atoms with Gasteiger partial charge in [0, 0.05) is 17.7 Å². The average Bonchev–Trinajstić information content (AvgIpc) is 2.94. The van der Waals surface area contributed by atoms with Gasteiger partial charge in [-0.3, -0.25) is 14.3 Å². The molecule has 2 rings (SSSR count). The first-order valence-electron chi connectivity index (χ1n) is 8.98. The summed E-state index contributed by atoms with van der Waals surface area (Å²) in [6, 6.07) is 3.75. The van der Waals surface area contributed by atoms with E-state index in [1.165, 1.54) is 16.8 Å². The second-order valence-corrected chi connectivity index (χ2v) is 8.87. The molecule has 0 aliphatic rings. The quantitative estimate of drug-likeness (QED) is 0.532. The van der Waals surface area contributed by atoms with Crippen molar-refractivity contribution in [3.8, 4) is 5.75 Å². The molecule has 0 fully saturated rings. The van der Waals surface area contributed by atoms with Crippen molar-refractivity contribution in [1.82, 2.24) is 9.78 Å². The fraction of sp³-hybridized carbons (Fsp3) is 0.389. The summed E-state index contributed by atoms with van der Waals surface area (Å²) in [5, 5.41) is 6.89. The van der Waals surface area contributed by atoms with E-state index in [1.807, 2.05) is 13.8 Å². The van der Waals surface area contributed by atoms with Crippen LogP contribution >= 0.6 is 23.1 Å². The van der Waals surface area contributed by atoms with Gasteiger partial charge in [0.05, 0.1) is 28.4 Å². The highest BCUT2D eigenvalue weighted by Crippen LogP contribution is 2.28. The first-order chi connectivity index (χ1) is 13.6. The van der Waals surface area contributed by atoms with Crippen molar-refractivity contribution in [2.75, 3.05) is 11.9 Å². The highest BCUT2D eigenvalue weighted by molar-refractivity contribution is 8.13. The predicted octanol–water partition coefficient (Wildman–Crippen LogP) is 2.86. The van der Waals surface area contributed by atoms with Gasteiger partial charge in [-0.15, -0.1) is 12.4 Å². The number of amides is 2. The van der Waals surface area contributed by atoms with Crippen molar-refractivity contribution in [2.24, 2.45) is 12.8 Å². The zero-order valence-corrected chi connectivity index (χ0v) is 19.2. The van der Waals surface area contributed by atoms with E-state index in [-0.39, 0.29) is 40.0 Å². The number of hydrogen-bond acceptors (Lipinski definition) is 6. The number of halogens is 2. The summed E-state index contributed by atoms with van der Waals surface area (Å²) >= 11 is 0. The molecule has 2 amide bonds. The van der Waals surface area contributed by atoms with E-state index in [2.05, 4.69) is 10.4 Å². The summed E-state index contributed by atoms with van der Waals surface area (Å²) in [5.41, 5.74) is 6.13. The monoisotopic (exact) mass is 478 g/mol. The highest BCUT2D eigenvalue weighted by Gasteiger charge is 2.24. The maximum absolute atomic E-state index is 13.0. The number of benzene rings is 1. The third kappa shape index (κ3) is 5.87. The maximum Gasteiger partial charge on any atom is 0.269 e. The Morgan fingerprint density at radius 3 is 2.47 bits per heavy atom. The summed E-state index contributed by atoms with van der Waals surface area (Å²) in [6.45, 7) is 4.15. The molecule has 30 heavy (non-hydrogen) atoms. The van der Waals surface area contributed by atoms with Crippen LogP contribution in [0.5, 0.6) is 5.75 Å². The molecule has 0 unspecified atom stereocenters. The van der Waals surface area contributed by atoms with E-state index in [0.717, 1.165) is 12.5 Å². The van der Waals surface area contributed by atoms with Crippen LogP contribution in [-0.4, -0.2) is 36.6 Å². The van der Waals surface area contributed by atoms with Crippen LogP contribution in [0.25, 0.3) is 0 Å². The molecular formula is C18H24Cl2N4O5S. The Bertz CT molecular complexity index is 1040. The summed E-state index contributed by atoms with van der Waals surface area (Å²) < 4.78 is 30.3. The number of nitrogens with one attached hydrogen (secondary N) is 1. The highest BCUT2D eigenvalue weighted by atomic mass is 35.7. The van der Waals surface area contributed by atoms with Crippen LogP contribution in [0.1, 0.15) is 53.2 Å². The van der Waals surface area contributed by atoms with Crippen LogP contribution in [0.15, 0.2) is 23.1 Å². The van der Waals surface area contributed by atoms with Crippen molar-refractivity contribution >= 4 is 49.6 Å². The first kappa shape index (κ1) is 25.7.